The number of anilines is 1. The summed E-state index contributed by atoms with van der Waals surface area (Å²) >= 11 is 5.67. The Balaban J connectivity index is 1.90. The molecule has 21 heavy (non-hydrogen) atoms. The van der Waals surface area contributed by atoms with Crippen molar-refractivity contribution in [3.8, 4) is 0 Å². The van der Waals surface area contributed by atoms with E-state index in [-0.39, 0.29) is 5.88 Å². The molecule has 0 bridgehead atoms. The molecular formula is C15H18ClF3N2. The van der Waals surface area contributed by atoms with E-state index in [0.29, 0.717) is 30.4 Å². The zero-order chi connectivity index (χ0) is 15.0. The van der Waals surface area contributed by atoms with Gasteiger partial charge in [-0.15, -0.1) is 11.6 Å². The van der Waals surface area contributed by atoms with E-state index in [1.165, 1.54) is 6.07 Å². The predicted molar refractivity (Wildman–Crippen MR) is 77.8 cm³/mol. The third-order valence-electron chi connectivity index (χ3n) is 4.45. The van der Waals surface area contributed by atoms with Gasteiger partial charge in [0.1, 0.15) is 0 Å². The SMILES string of the molecule is FC(F)(F)c1cc(CCl)ccc1N1CCN2CCCC2C1. The highest BCUT2D eigenvalue weighted by Gasteiger charge is 2.37. The first-order valence-electron chi connectivity index (χ1n) is 7.24. The van der Waals surface area contributed by atoms with Crippen LogP contribution in [-0.2, 0) is 12.1 Å². The summed E-state index contributed by atoms with van der Waals surface area (Å²) in [5.41, 5.74) is 0.238. The molecule has 2 heterocycles. The molecule has 0 N–H and O–H groups in total. The van der Waals surface area contributed by atoms with Crippen molar-refractivity contribution in [1.82, 2.24) is 4.90 Å². The third kappa shape index (κ3) is 2.99. The molecule has 2 saturated heterocycles. The number of hydrogen-bond donors (Lipinski definition) is 0. The van der Waals surface area contributed by atoms with Crippen LogP contribution in [0.1, 0.15) is 24.0 Å². The first-order valence-corrected chi connectivity index (χ1v) is 7.77. The molecule has 116 valence electrons. The summed E-state index contributed by atoms with van der Waals surface area (Å²) in [5.74, 6) is 0.0970. The molecule has 1 atom stereocenters. The molecule has 1 unspecified atom stereocenters. The van der Waals surface area contributed by atoms with Gasteiger partial charge in [-0.3, -0.25) is 4.90 Å². The lowest BCUT2D eigenvalue weighted by atomic mass is 10.1. The fraction of sp³-hybridized carbons (Fsp3) is 0.600. The fourth-order valence-corrected chi connectivity index (χ4v) is 3.55. The Morgan fingerprint density at radius 3 is 2.71 bits per heavy atom. The normalized spacial score (nSPS) is 23.4. The lowest BCUT2D eigenvalue weighted by molar-refractivity contribution is -0.137. The molecule has 6 heteroatoms. The van der Waals surface area contributed by atoms with Crippen molar-refractivity contribution in [2.75, 3.05) is 31.1 Å². The number of piperazine rings is 1. The summed E-state index contributed by atoms with van der Waals surface area (Å²) in [5, 5.41) is 0. The summed E-state index contributed by atoms with van der Waals surface area (Å²) in [6.07, 6.45) is -2.11. The van der Waals surface area contributed by atoms with Gasteiger partial charge in [-0.1, -0.05) is 6.07 Å². The molecule has 0 amide bonds. The largest absolute Gasteiger partial charge is 0.418 e. The quantitative estimate of drug-likeness (QED) is 0.767. The number of alkyl halides is 4. The topological polar surface area (TPSA) is 6.48 Å². The molecular weight excluding hydrogens is 301 g/mol. The van der Waals surface area contributed by atoms with Crippen LogP contribution in [0.4, 0.5) is 18.9 Å². The summed E-state index contributed by atoms with van der Waals surface area (Å²) in [4.78, 5) is 4.27. The second-order valence-corrected chi connectivity index (χ2v) is 6.03. The number of benzene rings is 1. The van der Waals surface area contributed by atoms with Crippen molar-refractivity contribution in [2.24, 2.45) is 0 Å². The van der Waals surface area contributed by atoms with E-state index >= 15 is 0 Å². The van der Waals surface area contributed by atoms with Crippen molar-refractivity contribution in [2.45, 2.75) is 30.9 Å². The van der Waals surface area contributed by atoms with Crippen LogP contribution in [0.3, 0.4) is 0 Å². The van der Waals surface area contributed by atoms with Crippen LogP contribution < -0.4 is 4.90 Å². The Morgan fingerprint density at radius 1 is 1.19 bits per heavy atom. The van der Waals surface area contributed by atoms with Crippen LogP contribution in [-0.4, -0.2) is 37.1 Å². The zero-order valence-electron chi connectivity index (χ0n) is 11.7. The van der Waals surface area contributed by atoms with Crippen LogP contribution in [0.25, 0.3) is 0 Å². The van der Waals surface area contributed by atoms with Gasteiger partial charge in [0.2, 0.25) is 0 Å². The number of fused-ring (bicyclic) bond motifs is 1. The van der Waals surface area contributed by atoms with Crippen LogP contribution >= 0.6 is 11.6 Å². The molecule has 0 aliphatic carbocycles. The minimum atomic E-state index is -4.34. The Morgan fingerprint density at radius 2 is 2.00 bits per heavy atom. The van der Waals surface area contributed by atoms with E-state index in [1.54, 1.807) is 12.1 Å². The molecule has 1 aromatic rings. The van der Waals surface area contributed by atoms with Crippen LogP contribution in [0, 0.1) is 0 Å². The number of rotatable bonds is 2. The summed E-state index contributed by atoms with van der Waals surface area (Å²) in [7, 11) is 0. The molecule has 2 fully saturated rings. The highest BCUT2D eigenvalue weighted by molar-refractivity contribution is 6.17. The predicted octanol–water partition coefficient (Wildman–Crippen LogP) is 3.73. The lowest BCUT2D eigenvalue weighted by Gasteiger charge is -2.39. The maximum atomic E-state index is 13.3. The average molecular weight is 319 g/mol. The molecule has 0 saturated carbocycles. The maximum absolute atomic E-state index is 13.3. The first kappa shape index (κ1) is 15.0. The molecule has 0 aromatic heterocycles. The Labute approximate surface area is 127 Å². The molecule has 2 aliphatic rings. The van der Waals surface area contributed by atoms with Gasteiger partial charge < -0.3 is 4.90 Å². The van der Waals surface area contributed by atoms with Crippen LogP contribution in [0.2, 0.25) is 0 Å². The van der Waals surface area contributed by atoms with E-state index in [0.717, 1.165) is 25.9 Å². The molecule has 2 aliphatic heterocycles. The monoisotopic (exact) mass is 318 g/mol. The smallest absolute Gasteiger partial charge is 0.368 e. The van der Waals surface area contributed by atoms with E-state index < -0.39 is 11.7 Å². The second kappa shape index (κ2) is 5.69. The lowest BCUT2D eigenvalue weighted by Crippen LogP contribution is -2.50. The van der Waals surface area contributed by atoms with E-state index in [4.69, 9.17) is 11.6 Å². The average Bonchev–Trinajstić information content (AvgIpc) is 2.93. The fourth-order valence-electron chi connectivity index (χ4n) is 3.38. The van der Waals surface area contributed by atoms with Crippen molar-refractivity contribution < 1.29 is 13.2 Å². The molecule has 2 nitrogen and oxygen atoms in total. The highest BCUT2D eigenvalue weighted by atomic mass is 35.5. The summed E-state index contributed by atoms with van der Waals surface area (Å²) < 4.78 is 39.9. The Bertz CT molecular complexity index is 518. The minimum Gasteiger partial charge on any atom is -0.368 e. The number of halogens is 4. The standard InChI is InChI=1S/C15H18ClF3N2/c16-9-11-3-4-14(13(8-11)15(17,18)19)21-7-6-20-5-1-2-12(20)10-21/h3-4,8,12H,1-2,5-7,9-10H2. The number of nitrogens with zero attached hydrogens (tertiary/aromatic N) is 2. The molecule has 0 radical (unpaired) electrons. The van der Waals surface area contributed by atoms with Gasteiger partial charge in [-0.2, -0.15) is 13.2 Å². The third-order valence-corrected chi connectivity index (χ3v) is 4.76. The van der Waals surface area contributed by atoms with Crippen LogP contribution in [0.15, 0.2) is 18.2 Å². The molecule has 1 aromatic carbocycles. The van der Waals surface area contributed by atoms with Gasteiger partial charge >= 0.3 is 6.18 Å². The van der Waals surface area contributed by atoms with Crippen molar-refractivity contribution >= 4 is 17.3 Å². The van der Waals surface area contributed by atoms with Gasteiger partial charge in [0, 0.05) is 37.2 Å². The van der Waals surface area contributed by atoms with E-state index in [1.807, 2.05) is 4.90 Å². The van der Waals surface area contributed by atoms with Gasteiger partial charge in [-0.05, 0) is 37.1 Å². The van der Waals surface area contributed by atoms with Crippen LogP contribution in [0.5, 0.6) is 0 Å². The summed E-state index contributed by atoms with van der Waals surface area (Å²) in [6, 6.07) is 4.85. The van der Waals surface area contributed by atoms with Gasteiger partial charge in [0.15, 0.2) is 0 Å². The summed E-state index contributed by atoms with van der Waals surface area (Å²) in [6.45, 7) is 3.26. The van der Waals surface area contributed by atoms with Crippen molar-refractivity contribution in [3.63, 3.8) is 0 Å². The molecule has 0 spiro atoms. The van der Waals surface area contributed by atoms with Gasteiger partial charge in [0.05, 0.1) is 5.56 Å². The Kier molecular flexibility index (Phi) is 4.06. The van der Waals surface area contributed by atoms with E-state index in [9.17, 15) is 13.2 Å². The van der Waals surface area contributed by atoms with Gasteiger partial charge in [0.25, 0.3) is 0 Å². The van der Waals surface area contributed by atoms with Crippen molar-refractivity contribution in [1.29, 1.82) is 0 Å². The second-order valence-electron chi connectivity index (χ2n) is 5.76. The Hall–Kier alpha value is -0.940. The first-order chi connectivity index (χ1) is 9.99. The van der Waals surface area contributed by atoms with Crippen molar-refractivity contribution in [3.05, 3.63) is 29.3 Å². The van der Waals surface area contributed by atoms with E-state index in [2.05, 4.69) is 4.90 Å². The minimum absolute atomic E-state index is 0.0970. The molecule has 3 rings (SSSR count). The number of hydrogen-bond acceptors (Lipinski definition) is 2. The maximum Gasteiger partial charge on any atom is 0.418 e. The van der Waals surface area contributed by atoms with Gasteiger partial charge in [-0.25, -0.2) is 0 Å². The highest BCUT2D eigenvalue weighted by Crippen LogP contribution is 2.38. The zero-order valence-corrected chi connectivity index (χ0v) is 12.4.